The number of hydrogen-bond acceptors (Lipinski definition) is 4. The van der Waals surface area contributed by atoms with Crippen molar-refractivity contribution in [2.45, 2.75) is 25.9 Å². The van der Waals surface area contributed by atoms with E-state index in [0.717, 1.165) is 26.2 Å². The zero-order valence-corrected chi connectivity index (χ0v) is 25.0. The first-order chi connectivity index (χ1) is 17.9. The van der Waals surface area contributed by atoms with E-state index in [9.17, 15) is 18.0 Å². The van der Waals surface area contributed by atoms with Crippen molar-refractivity contribution in [1.29, 1.82) is 0 Å². The molecule has 0 aliphatic carbocycles. The number of carbonyl (C=O) groups is 2. The molecule has 0 heterocycles. The van der Waals surface area contributed by atoms with Crippen LogP contribution in [0.25, 0.3) is 0 Å². The van der Waals surface area contributed by atoms with Gasteiger partial charge in [-0.25, -0.2) is 8.42 Å². The van der Waals surface area contributed by atoms with E-state index in [2.05, 4.69) is 21.2 Å². The predicted molar refractivity (Wildman–Crippen MR) is 156 cm³/mol. The summed E-state index contributed by atoms with van der Waals surface area (Å²) in [5, 5.41) is 3.30. The first-order valence-corrected chi connectivity index (χ1v) is 15.0. The highest BCUT2D eigenvalue weighted by Gasteiger charge is 2.32. The van der Waals surface area contributed by atoms with Crippen LogP contribution in [0.2, 0.25) is 10.0 Å². The zero-order valence-electron chi connectivity index (χ0n) is 21.1. The van der Waals surface area contributed by atoms with Crippen molar-refractivity contribution >= 4 is 66.7 Å². The van der Waals surface area contributed by atoms with Crippen molar-refractivity contribution in [1.82, 2.24) is 10.2 Å². The lowest BCUT2D eigenvalue weighted by Gasteiger charge is -2.33. The Kier molecular flexibility index (Phi) is 10.2. The van der Waals surface area contributed by atoms with Gasteiger partial charge in [-0.05, 0) is 53.9 Å². The molecule has 2 amide bonds. The maximum absolute atomic E-state index is 13.9. The molecule has 0 fully saturated rings. The van der Waals surface area contributed by atoms with Crippen LogP contribution >= 0.6 is 39.1 Å². The number of sulfonamides is 1. The third-order valence-corrected chi connectivity index (χ3v) is 8.73. The van der Waals surface area contributed by atoms with E-state index in [4.69, 9.17) is 23.2 Å². The fourth-order valence-electron chi connectivity index (χ4n) is 3.95. The number of carbonyl (C=O) groups excluding carboxylic acids is 2. The molecule has 0 radical (unpaired) electrons. The van der Waals surface area contributed by atoms with Crippen LogP contribution in [0.4, 0.5) is 5.69 Å². The van der Waals surface area contributed by atoms with Gasteiger partial charge in [0.2, 0.25) is 21.8 Å². The van der Waals surface area contributed by atoms with E-state index in [0.29, 0.717) is 21.3 Å². The first-order valence-electron chi connectivity index (χ1n) is 11.6. The Morgan fingerprint density at radius 2 is 1.66 bits per heavy atom. The minimum atomic E-state index is -3.84. The number of likely N-dealkylation sites (N-methyl/N-ethyl adjacent to an activating group) is 1. The molecule has 0 spiro atoms. The lowest BCUT2D eigenvalue weighted by Crippen LogP contribution is -2.52. The van der Waals surface area contributed by atoms with Gasteiger partial charge in [-0.15, -0.1) is 0 Å². The van der Waals surface area contributed by atoms with Crippen LogP contribution in [-0.4, -0.2) is 51.0 Å². The molecule has 0 saturated carbocycles. The van der Waals surface area contributed by atoms with E-state index in [1.165, 1.54) is 11.9 Å². The molecular formula is C27H28BrCl2N3O4S. The van der Waals surface area contributed by atoms with Gasteiger partial charge in [-0.1, -0.05) is 75.5 Å². The third-order valence-electron chi connectivity index (χ3n) is 5.96. The SMILES string of the molecule is CNC(=O)C(Cc1ccccc1)N(Cc1ccc(Cl)c(Cl)c1)C(=O)CN(c1ccc(Br)c(C)c1)S(C)(=O)=O. The average molecular weight is 641 g/mol. The molecule has 3 aromatic carbocycles. The number of aryl methyl sites for hydroxylation is 1. The molecule has 1 atom stereocenters. The van der Waals surface area contributed by atoms with Gasteiger partial charge in [0.05, 0.1) is 22.0 Å². The number of halogens is 3. The molecule has 0 aliphatic rings. The molecule has 3 rings (SSSR count). The molecule has 3 aromatic rings. The van der Waals surface area contributed by atoms with Gasteiger partial charge in [0.25, 0.3) is 0 Å². The van der Waals surface area contributed by atoms with E-state index in [1.807, 2.05) is 37.3 Å². The second-order valence-corrected chi connectivity index (χ2v) is 12.4. The van der Waals surface area contributed by atoms with Crippen molar-refractivity contribution in [2.75, 3.05) is 24.2 Å². The zero-order chi connectivity index (χ0) is 28.0. The Hall–Kier alpha value is -2.59. The van der Waals surface area contributed by atoms with Crippen molar-refractivity contribution in [2.24, 2.45) is 0 Å². The third kappa shape index (κ3) is 7.72. The highest BCUT2D eigenvalue weighted by Crippen LogP contribution is 2.27. The van der Waals surface area contributed by atoms with Crippen LogP contribution < -0.4 is 9.62 Å². The summed E-state index contributed by atoms with van der Waals surface area (Å²) in [7, 11) is -2.34. The summed E-state index contributed by atoms with van der Waals surface area (Å²) in [4.78, 5) is 28.4. The molecule has 0 aliphatic heterocycles. The van der Waals surface area contributed by atoms with Crippen LogP contribution in [0, 0.1) is 6.92 Å². The summed E-state index contributed by atoms with van der Waals surface area (Å²) in [5.74, 6) is -0.931. The number of nitrogens with one attached hydrogen (secondary N) is 1. The Morgan fingerprint density at radius 1 is 0.974 bits per heavy atom. The fraction of sp³-hybridized carbons (Fsp3) is 0.259. The van der Waals surface area contributed by atoms with Crippen LogP contribution in [-0.2, 0) is 32.6 Å². The molecule has 7 nitrogen and oxygen atoms in total. The molecule has 1 unspecified atom stereocenters. The summed E-state index contributed by atoms with van der Waals surface area (Å²) in [6, 6.07) is 18.4. The normalized spacial score (nSPS) is 12.1. The molecule has 0 aromatic heterocycles. The van der Waals surface area contributed by atoms with Gasteiger partial charge in [-0.2, -0.15) is 0 Å². The van der Waals surface area contributed by atoms with Crippen LogP contribution in [0.5, 0.6) is 0 Å². The molecule has 202 valence electrons. The van der Waals surface area contributed by atoms with Crippen molar-refractivity contribution in [3.05, 3.63) is 97.9 Å². The summed E-state index contributed by atoms with van der Waals surface area (Å²) in [6.07, 6.45) is 1.27. The smallest absolute Gasteiger partial charge is 0.244 e. The average Bonchev–Trinajstić information content (AvgIpc) is 2.87. The summed E-state index contributed by atoms with van der Waals surface area (Å²) < 4.78 is 27.5. The van der Waals surface area contributed by atoms with Gasteiger partial charge in [-0.3, -0.25) is 13.9 Å². The molecular weight excluding hydrogens is 613 g/mol. The van der Waals surface area contributed by atoms with Gasteiger partial charge in [0, 0.05) is 24.5 Å². The van der Waals surface area contributed by atoms with Crippen molar-refractivity contribution in [3.8, 4) is 0 Å². The van der Waals surface area contributed by atoms with Crippen LogP contribution in [0.15, 0.2) is 71.2 Å². The number of nitrogens with zero attached hydrogens (tertiary/aromatic N) is 2. The second-order valence-electron chi connectivity index (χ2n) is 8.79. The summed E-state index contributed by atoms with van der Waals surface area (Å²) in [6.45, 7) is 1.34. The Bertz CT molecular complexity index is 1420. The fourth-order valence-corrected chi connectivity index (χ4v) is 5.36. The van der Waals surface area contributed by atoms with Gasteiger partial charge < -0.3 is 10.2 Å². The second kappa shape index (κ2) is 13.0. The molecule has 11 heteroatoms. The summed E-state index contributed by atoms with van der Waals surface area (Å²) >= 11 is 15.7. The maximum atomic E-state index is 13.9. The van der Waals surface area contributed by atoms with Gasteiger partial charge in [0.1, 0.15) is 12.6 Å². The van der Waals surface area contributed by atoms with Crippen LogP contribution in [0.1, 0.15) is 16.7 Å². The first kappa shape index (κ1) is 30.0. The van der Waals surface area contributed by atoms with Gasteiger partial charge >= 0.3 is 0 Å². The molecule has 0 bridgehead atoms. The predicted octanol–water partition coefficient (Wildman–Crippen LogP) is 5.22. The van der Waals surface area contributed by atoms with Crippen molar-refractivity contribution < 1.29 is 18.0 Å². The maximum Gasteiger partial charge on any atom is 0.244 e. The molecule has 1 N–H and O–H groups in total. The van der Waals surface area contributed by atoms with E-state index in [1.54, 1.807) is 36.4 Å². The minimum absolute atomic E-state index is 0.0115. The quantitative estimate of drug-likeness (QED) is 0.329. The van der Waals surface area contributed by atoms with E-state index >= 15 is 0 Å². The van der Waals surface area contributed by atoms with Gasteiger partial charge in [0.15, 0.2) is 0 Å². The standard InChI is InChI=1S/C27H28BrCl2N3O4S/c1-18-13-21(10-11-22(18)28)33(38(3,36)37)17-26(34)32(16-20-9-12-23(29)24(30)14-20)25(27(35)31-2)15-19-7-5-4-6-8-19/h4-14,25H,15-17H2,1-3H3,(H,31,35). The van der Waals surface area contributed by atoms with Crippen LogP contribution in [0.3, 0.4) is 0 Å². The molecule has 0 saturated heterocycles. The number of anilines is 1. The van der Waals surface area contributed by atoms with E-state index in [-0.39, 0.29) is 18.9 Å². The topological polar surface area (TPSA) is 86.8 Å². The Morgan fingerprint density at radius 3 is 2.24 bits per heavy atom. The van der Waals surface area contributed by atoms with Crippen molar-refractivity contribution in [3.63, 3.8) is 0 Å². The summed E-state index contributed by atoms with van der Waals surface area (Å²) in [5.41, 5.74) is 2.64. The lowest BCUT2D eigenvalue weighted by atomic mass is 10.0. The number of rotatable bonds is 10. The largest absolute Gasteiger partial charge is 0.357 e. The lowest BCUT2D eigenvalue weighted by molar-refractivity contribution is -0.139. The Labute approximate surface area is 241 Å². The number of hydrogen-bond donors (Lipinski definition) is 1. The number of benzene rings is 3. The minimum Gasteiger partial charge on any atom is -0.357 e. The van der Waals surface area contributed by atoms with E-state index < -0.39 is 28.5 Å². The monoisotopic (exact) mass is 639 g/mol. The Balaban J connectivity index is 2.05. The number of amides is 2. The highest BCUT2D eigenvalue weighted by molar-refractivity contribution is 9.10. The highest BCUT2D eigenvalue weighted by atomic mass is 79.9. The molecule has 38 heavy (non-hydrogen) atoms.